The predicted octanol–water partition coefficient (Wildman–Crippen LogP) is 3.68. The molecule has 2 aromatic rings. The fourth-order valence-electron chi connectivity index (χ4n) is 1.06. The molecule has 2 heterocycles. The van der Waals surface area contributed by atoms with Crippen molar-refractivity contribution in [1.82, 2.24) is 9.97 Å². The van der Waals surface area contributed by atoms with Gasteiger partial charge in [-0.15, -0.1) is 11.3 Å². The molecule has 0 aliphatic heterocycles. The average molecular weight is 349 g/mol. The second-order valence-electron chi connectivity index (χ2n) is 2.82. The maximum absolute atomic E-state index is 3.93. The lowest BCUT2D eigenvalue weighted by Crippen LogP contribution is -1.97. The topological polar surface area (TPSA) is 37.8 Å². The molecule has 0 aliphatic carbocycles. The zero-order valence-electron chi connectivity index (χ0n) is 7.58. The summed E-state index contributed by atoms with van der Waals surface area (Å²) in [4.78, 5) is 9.11. The number of halogens is 2. The van der Waals surface area contributed by atoms with Gasteiger partial charge in [-0.3, -0.25) is 0 Å². The highest BCUT2D eigenvalue weighted by Gasteiger charge is 2.03. The summed E-state index contributed by atoms with van der Waals surface area (Å²) in [5, 5.41) is 3.25. The van der Waals surface area contributed by atoms with Crippen molar-refractivity contribution in [1.29, 1.82) is 0 Å². The Kier molecular flexibility index (Phi) is 3.71. The first-order valence-corrected chi connectivity index (χ1v) is 6.58. The molecule has 6 heteroatoms. The average Bonchev–Trinajstić information content (AvgIpc) is 2.57. The molecular weight excluding hydrogens is 342 g/mol. The molecule has 15 heavy (non-hydrogen) atoms. The van der Waals surface area contributed by atoms with E-state index < -0.39 is 0 Å². The van der Waals surface area contributed by atoms with Crippen LogP contribution in [0.3, 0.4) is 0 Å². The Morgan fingerprint density at radius 2 is 2.00 bits per heavy atom. The smallest absolute Gasteiger partial charge is 0.115 e. The summed E-state index contributed by atoms with van der Waals surface area (Å²) in [5.74, 6) is 0. The standard InChI is InChI=1S/C9H7Br2N3S/c10-8-1-7(15-9(8)11)4-14-6-2-12-5-13-3-6/h1-3,5,14H,4H2. The largest absolute Gasteiger partial charge is 0.378 e. The zero-order chi connectivity index (χ0) is 10.7. The lowest BCUT2D eigenvalue weighted by Gasteiger charge is -2.01. The molecule has 0 fully saturated rings. The van der Waals surface area contributed by atoms with E-state index in [0.29, 0.717) is 0 Å². The lowest BCUT2D eigenvalue weighted by molar-refractivity contribution is 1.12. The Hall–Kier alpha value is -0.460. The van der Waals surface area contributed by atoms with Crippen LogP contribution in [0.2, 0.25) is 0 Å². The molecule has 0 saturated heterocycles. The quantitative estimate of drug-likeness (QED) is 0.919. The predicted molar refractivity (Wildman–Crippen MR) is 69.1 cm³/mol. The van der Waals surface area contributed by atoms with Gasteiger partial charge in [0, 0.05) is 15.9 Å². The third-order valence-electron chi connectivity index (χ3n) is 1.72. The molecule has 0 aromatic carbocycles. The van der Waals surface area contributed by atoms with Crippen molar-refractivity contribution in [2.75, 3.05) is 5.32 Å². The van der Waals surface area contributed by atoms with E-state index in [4.69, 9.17) is 0 Å². The third kappa shape index (κ3) is 2.99. The molecule has 3 nitrogen and oxygen atoms in total. The van der Waals surface area contributed by atoms with Crippen LogP contribution in [0.1, 0.15) is 4.88 Å². The van der Waals surface area contributed by atoms with Gasteiger partial charge in [0.1, 0.15) is 6.33 Å². The molecule has 2 aromatic heterocycles. The normalized spacial score (nSPS) is 10.3. The fraction of sp³-hybridized carbons (Fsp3) is 0.111. The number of thiophene rings is 1. The number of rotatable bonds is 3. The zero-order valence-corrected chi connectivity index (χ0v) is 11.6. The van der Waals surface area contributed by atoms with E-state index in [9.17, 15) is 0 Å². The third-order valence-corrected chi connectivity index (χ3v) is 4.98. The summed E-state index contributed by atoms with van der Waals surface area (Å²) >= 11 is 8.61. The molecule has 0 radical (unpaired) electrons. The van der Waals surface area contributed by atoms with Crippen LogP contribution in [0.25, 0.3) is 0 Å². The Labute approximate surface area is 108 Å². The minimum absolute atomic E-state index is 0.780. The number of aromatic nitrogens is 2. The van der Waals surface area contributed by atoms with E-state index in [1.165, 1.54) is 11.2 Å². The summed E-state index contributed by atoms with van der Waals surface area (Å²) in [6.07, 6.45) is 5.03. The summed E-state index contributed by atoms with van der Waals surface area (Å²) in [5.41, 5.74) is 0.929. The number of nitrogens with zero attached hydrogens (tertiary/aromatic N) is 2. The molecule has 78 valence electrons. The first kappa shape index (κ1) is 11.0. The summed E-state index contributed by atoms with van der Waals surface area (Å²) < 4.78 is 2.21. The van der Waals surface area contributed by atoms with Crippen molar-refractivity contribution in [3.8, 4) is 0 Å². The van der Waals surface area contributed by atoms with Crippen molar-refractivity contribution in [2.45, 2.75) is 6.54 Å². The van der Waals surface area contributed by atoms with Gasteiger partial charge in [-0.2, -0.15) is 0 Å². The molecule has 0 saturated carbocycles. The Morgan fingerprint density at radius 3 is 2.60 bits per heavy atom. The second-order valence-corrected chi connectivity index (χ2v) is 6.12. The van der Waals surface area contributed by atoms with Crippen LogP contribution in [0.5, 0.6) is 0 Å². The Balaban J connectivity index is 1.99. The van der Waals surface area contributed by atoms with E-state index in [1.807, 2.05) is 0 Å². The Morgan fingerprint density at radius 1 is 1.27 bits per heavy atom. The van der Waals surface area contributed by atoms with Crippen LogP contribution >= 0.6 is 43.2 Å². The van der Waals surface area contributed by atoms with Gasteiger partial charge in [0.05, 0.1) is 21.9 Å². The molecule has 0 atom stereocenters. The molecular formula is C9H7Br2N3S. The van der Waals surface area contributed by atoms with Gasteiger partial charge in [-0.05, 0) is 37.9 Å². The minimum Gasteiger partial charge on any atom is -0.378 e. The molecule has 0 unspecified atom stereocenters. The first-order valence-electron chi connectivity index (χ1n) is 4.18. The van der Waals surface area contributed by atoms with Crippen LogP contribution in [-0.2, 0) is 6.54 Å². The van der Waals surface area contributed by atoms with Gasteiger partial charge in [-0.1, -0.05) is 0 Å². The molecule has 0 spiro atoms. The fourth-order valence-corrected chi connectivity index (χ4v) is 3.17. The van der Waals surface area contributed by atoms with Crippen molar-refractivity contribution in [2.24, 2.45) is 0 Å². The van der Waals surface area contributed by atoms with Crippen LogP contribution in [0, 0.1) is 0 Å². The molecule has 0 amide bonds. The van der Waals surface area contributed by atoms with Crippen LogP contribution in [0.4, 0.5) is 5.69 Å². The van der Waals surface area contributed by atoms with Gasteiger partial charge < -0.3 is 5.32 Å². The highest BCUT2D eigenvalue weighted by Crippen LogP contribution is 2.32. The van der Waals surface area contributed by atoms with Crippen LogP contribution in [-0.4, -0.2) is 9.97 Å². The van der Waals surface area contributed by atoms with Crippen molar-refractivity contribution < 1.29 is 0 Å². The maximum atomic E-state index is 3.93. The summed E-state index contributed by atoms with van der Waals surface area (Å²) in [6.45, 7) is 0.780. The van der Waals surface area contributed by atoms with Crippen LogP contribution < -0.4 is 5.32 Å². The molecule has 1 N–H and O–H groups in total. The number of hydrogen-bond donors (Lipinski definition) is 1. The van der Waals surface area contributed by atoms with Gasteiger partial charge >= 0.3 is 0 Å². The van der Waals surface area contributed by atoms with Crippen LogP contribution in [0.15, 0.2) is 33.0 Å². The maximum Gasteiger partial charge on any atom is 0.115 e. The number of hydrogen-bond acceptors (Lipinski definition) is 4. The van der Waals surface area contributed by atoms with Crippen molar-refractivity contribution >= 4 is 48.9 Å². The molecule has 2 rings (SSSR count). The van der Waals surface area contributed by atoms with Gasteiger partial charge in [0.15, 0.2) is 0 Å². The van der Waals surface area contributed by atoms with E-state index >= 15 is 0 Å². The van der Waals surface area contributed by atoms with Crippen molar-refractivity contribution in [3.05, 3.63) is 37.9 Å². The number of nitrogens with one attached hydrogen (secondary N) is 1. The molecule has 0 aliphatic rings. The monoisotopic (exact) mass is 347 g/mol. The van der Waals surface area contributed by atoms with E-state index in [1.54, 1.807) is 23.7 Å². The van der Waals surface area contributed by atoms with E-state index in [0.717, 1.165) is 20.5 Å². The second kappa shape index (κ2) is 5.05. The van der Waals surface area contributed by atoms with E-state index in [-0.39, 0.29) is 0 Å². The van der Waals surface area contributed by atoms with Gasteiger partial charge in [-0.25, -0.2) is 9.97 Å². The summed E-state index contributed by atoms with van der Waals surface area (Å²) in [6, 6.07) is 2.09. The highest BCUT2D eigenvalue weighted by atomic mass is 79.9. The highest BCUT2D eigenvalue weighted by molar-refractivity contribution is 9.13. The molecule has 0 bridgehead atoms. The minimum atomic E-state index is 0.780. The Bertz CT molecular complexity index is 424. The number of anilines is 1. The summed E-state index contributed by atoms with van der Waals surface area (Å²) in [7, 11) is 0. The lowest BCUT2D eigenvalue weighted by atomic mass is 10.4. The van der Waals surface area contributed by atoms with Gasteiger partial charge in [0.2, 0.25) is 0 Å². The van der Waals surface area contributed by atoms with Crippen molar-refractivity contribution in [3.63, 3.8) is 0 Å². The SMILES string of the molecule is Brc1cc(CNc2cncnc2)sc1Br. The first-order chi connectivity index (χ1) is 7.25. The van der Waals surface area contributed by atoms with Gasteiger partial charge in [0.25, 0.3) is 0 Å². The van der Waals surface area contributed by atoms with E-state index in [2.05, 4.69) is 53.2 Å².